The van der Waals surface area contributed by atoms with Crippen molar-refractivity contribution in [2.24, 2.45) is 0 Å². The highest BCUT2D eigenvalue weighted by Crippen LogP contribution is 2.45. The molecule has 2 heterocycles. The average Bonchev–Trinajstić information content (AvgIpc) is 3.64. The Morgan fingerprint density at radius 2 is 1.19 bits per heavy atom. The van der Waals surface area contributed by atoms with Crippen molar-refractivity contribution >= 4 is 60.4 Å². The molecule has 8 aromatic carbocycles. The van der Waals surface area contributed by atoms with E-state index in [2.05, 4.69) is 176 Å². The van der Waals surface area contributed by atoms with Gasteiger partial charge in [-0.25, -0.2) is 4.98 Å². The SMILES string of the molecule is C=C/C(=C\C1=C(C)N(c2ccc(-c3nc4cc5ccccc5cc4o3)cc2)c2ccc(-c3ccc4ccccc4c3)cc2O1)c1ccc2ccccc2c1. The summed E-state index contributed by atoms with van der Waals surface area (Å²) in [6.45, 7) is 6.31. The minimum Gasteiger partial charge on any atom is -0.453 e. The summed E-state index contributed by atoms with van der Waals surface area (Å²) >= 11 is 0. The second kappa shape index (κ2) is 12.8. The number of benzene rings is 8. The first kappa shape index (κ1) is 31.6. The summed E-state index contributed by atoms with van der Waals surface area (Å²) in [5, 5.41) is 7.07. The van der Waals surface area contributed by atoms with Crippen LogP contribution in [0.2, 0.25) is 0 Å². The van der Waals surface area contributed by atoms with E-state index in [0.717, 1.165) is 78.3 Å². The number of rotatable bonds is 6. The number of anilines is 2. The molecule has 0 N–H and O–H groups in total. The van der Waals surface area contributed by atoms with Crippen LogP contribution in [-0.2, 0) is 0 Å². The summed E-state index contributed by atoms with van der Waals surface area (Å²) in [6, 6.07) is 57.2. The van der Waals surface area contributed by atoms with Gasteiger partial charge < -0.3 is 14.1 Å². The summed E-state index contributed by atoms with van der Waals surface area (Å²) < 4.78 is 13.1. The zero-order valence-corrected chi connectivity index (χ0v) is 29.7. The predicted octanol–water partition coefficient (Wildman–Crippen LogP) is 13.7. The quantitative estimate of drug-likeness (QED) is 0.162. The van der Waals surface area contributed by atoms with Crippen molar-refractivity contribution in [3.63, 3.8) is 0 Å². The molecule has 0 unspecified atom stereocenters. The molecule has 1 aliphatic heterocycles. The van der Waals surface area contributed by atoms with E-state index in [4.69, 9.17) is 14.1 Å². The molecule has 0 aliphatic carbocycles. The number of hydrogen-bond acceptors (Lipinski definition) is 4. The lowest BCUT2D eigenvalue weighted by Gasteiger charge is -2.33. The molecule has 0 bridgehead atoms. The molecule has 10 rings (SSSR count). The number of ether oxygens (including phenoxy) is 1. The summed E-state index contributed by atoms with van der Waals surface area (Å²) in [5.41, 5.74) is 9.71. The Labute approximate surface area is 313 Å². The van der Waals surface area contributed by atoms with Crippen LogP contribution in [0.15, 0.2) is 198 Å². The maximum atomic E-state index is 6.83. The van der Waals surface area contributed by atoms with Crippen LogP contribution >= 0.6 is 0 Å². The van der Waals surface area contributed by atoms with Crippen LogP contribution < -0.4 is 9.64 Å². The fourth-order valence-corrected chi connectivity index (χ4v) is 7.54. The molecule has 0 atom stereocenters. The molecule has 0 radical (unpaired) electrons. The number of oxazole rings is 1. The van der Waals surface area contributed by atoms with Crippen LogP contribution in [-0.4, -0.2) is 4.98 Å². The zero-order valence-electron chi connectivity index (χ0n) is 29.7. The van der Waals surface area contributed by atoms with Crippen molar-refractivity contribution in [1.29, 1.82) is 0 Å². The van der Waals surface area contributed by atoms with Crippen molar-refractivity contribution in [2.45, 2.75) is 6.92 Å². The first-order valence-corrected chi connectivity index (χ1v) is 18.1. The first-order chi connectivity index (χ1) is 26.6. The molecule has 0 spiro atoms. The number of allylic oxidation sites excluding steroid dienone is 4. The molecule has 1 aliphatic rings. The van der Waals surface area contributed by atoms with Crippen LogP contribution in [0.3, 0.4) is 0 Å². The van der Waals surface area contributed by atoms with E-state index in [1.165, 1.54) is 21.5 Å². The fraction of sp³-hybridized carbons (Fsp3) is 0.0200. The van der Waals surface area contributed by atoms with Crippen LogP contribution in [0.25, 0.3) is 71.6 Å². The third kappa shape index (κ3) is 5.53. The molecule has 0 saturated carbocycles. The van der Waals surface area contributed by atoms with Crippen LogP contribution in [0.4, 0.5) is 11.4 Å². The van der Waals surface area contributed by atoms with Crippen LogP contribution in [0.5, 0.6) is 5.75 Å². The molecule has 1 aromatic heterocycles. The molecule has 9 aromatic rings. The Morgan fingerprint density at radius 3 is 1.91 bits per heavy atom. The molecular formula is C50H34N2O2. The van der Waals surface area contributed by atoms with E-state index >= 15 is 0 Å². The highest BCUT2D eigenvalue weighted by Gasteiger charge is 2.26. The molecule has 54 heavy (non-hydrogen) atoms. The van der Waals surface area contributed by atoms with Crippen molar-refractivity contribution in [1.82, 2.24) is 4.98 Å². The molecule has 0 fully saturated rings. The molecule has 0 amide bonds. The van der Waals surface area contributed by atoms with Crippen LogP contribution in [0.1, 0.15) is 12.5 Å². The lowest BCUT2D eigenvalue weighted by atomic mass is 9.99. The van der Waals surface area contributed by atoms with Crippen molar-refractivity contribution < 1.29 is 9.15 Å². The largest absolute Gasteiger partial charge is 0.453 e. The maximum Gasteiger partial charge on any atom is 0.227 e. The standard InChI is InChI=1S/C50H34N2O2/c1-3-33(41-18-16-34-10-4-6-12-37(34)26-41)29-47-32(2)52(46-25-22-43(31-49(46)53-47)42-19-17-35-11-5-7-13-38(35)27-42)44-23-20-36(21-24-44)50-51-45-28-39-14-8-9-15-40(39)30-48(45)54-50/h3-31H,1H2,2H3/b33-29+. The predicted molar refractivity (Wildman–Crippen MR) is 224 cm³/mol. The van der Waals surface area contributed by atoms with Gasteiger partial charge in [-0.15, -0.1) is 0 Å². The monoisotopic (exact) mass is 694 g/mol. The lowest BCUT2D eigenvalue weighted by molar-refractivity contribution is 0.429. The van der Waals surface area contributed by atoms with E-state index in [0.29, 0.717) is 5.89 Å². The Kier molecular flexibility index (Phi) is 7.48. The highest BCUT2D eigenvalue weighted by atomic mass is 16.5. The number of nitrogens with zero attached hydrogens (tertiary/aromatic N) is 2. The second-order valence-electron chi connectivity index (χ2n) is 13.7. The van der Waals surface area contributed by atoms with Gasteiger partial charge in [0.2, 0.25) is 5.89 Å². The Morgan fingerprint density at radius 1 is 0.593 bits per heavy atom. The Bertz CT molecular complexity index is 2950. The summed E-state index contributed by atoms with van der Waals surface area (Å²) in [6.07, 6.45) is 4.00. The normalized spacial score (nSPS) is 13.1. The lowest BCUT2D eigenvalue weighted by Crippen LogP contribution is -2.22. The van der Waals surface area contributed by atoms with Gasteiger partial charge in [0.15, 0.2) is 11.3 Å². The van der Waals surface area contributed by atoms with Crippen LogP contribution in [0, 0.1) is 0 Å². The van der Waals surface area contributed by atoms with Gasteiger partial charge in [0, 0.05) is 11.3 Å². The van der Waals surface area contributed by atoms with Gasteiger partial charge in [-0.2, -0.15) is 0 Å². The van der Waals surface area contributed by atoms with E-state index < -0.39 is 0 Å². The van der Waals surface area contributed by atoms with Gasteiger partial charge in [0.25, 0.3) is 0 Å². The Hall–Kier alpha value is -7.17. The van der Waals surface area contributed by atoms with Gasteiger partial charge in [0.05, 0.1) is 11.4 Å². The second-order valence-corrected chi connectivity index (χ2v) is 13.7. The summed E-state index contributed by atoms with van der Waals surface area (Å²) in [5.74, 6) is 2.11. The molecule has 4 heteroatoms. The summed E-state index contributed by atoms with van der Waals surface area (Å²) in [7, 11) is 0. The van der Waals surface area contributed by atoms with E-state index in [-0.39, 0.29) is 0 Å². The van der Waals surface area contributed by atoms with Gasteiger partial charge in [-0.3, -0.25) is 0 Å². The zero-order chi connectivity index (χ0) is 36.2. The molecule has 4 nitrogen and oxygen atoms in total. The maximum absolute atomic E-state index is 6.83. The topological polar surface area (TPSA) is 38.5 Å². The minimum atomic E-state index is 0.594. The summed E-state index contributed by atoms with van der Waals surface area (Å²) in [4.78, 5) is 7.12. The van der Waals surface area contributed by atoms with E-state index in [1.54, 1.807) is 0 Å². The molecule has 0 saturated heterocycles. The van der Waals surface area contributed by atoms with Gasteiger partial charge in [-0.05, 0) is 128 Å². The van der Waals surface area contributed by atoms with Crippen molar-refractivity contribution in [2.75, 3.05) is 4.90 Å². The van der Waals surface area contributed by atoms with Gasteiger partial charge >= 0.3 is 0 Å². The number of aromatic nitrogens is 1. The highest BCUT2D eigenvalue weighted by molar-refractivity contribution is 5.95. The number of hydrogen-bond donors (Lipinski definition) is 0. The minimum absolute atomic E-state index is 0.594. The number of fused-ring (bicyclic) bond motifs is 5. The fourth-order valence-electron chi connectivity index (χ4n) is 7.54. The molecule has 256 valence electrons. The van der Waals surface area contributed by atoms with E-state index in [9.17, 15) is 0 Å². The first-order valence-electron chi connectivity index (χ1n) is 18.1. The van der Waals surface area contributed by atoms with Gasteiger partial charge in [-0.1, -0.05) is 116 Å². The third-order valence-electron chi connectivity index (χ3n) is 10.4. The Balaban J connectivity index is 1.07. The van der Waals surface area contributed by atoms with E-state index in [1.807, 2.05) is 18.2 Å². The third-order valence-corrected chi connectivity index (χ3v) is 10.4. The average molecular weight is 695 g/mol. The molecular weight excluding hydrogens is 661 g/mol. The smallest absolute Gasteiger partial charge is 0.227 e. The van der Waals surface area contributed by atoms with Gasteiger partial charge in [0.1, 0.15) is 11.3 Å². The van der Waals surface area contributed by atoms with Crippen molar-refractivity contribution in [3.05, 3.63) is 200 Å². The van der Waals surface area contributed by atoms with Crippen molar-refractivity contribution in [3.8, 4) is 28.3 Å².